The normalized spacial score (nSPS) is 12.3. The highest BCUT2D eigenvalue weighted by atomic mass is 32.1. The van der Waals surface area contributed by atoms with Crippen LogP contribution in [0, 0.1) is 0 Å². The highest BCUT2D eigenvalue weighted by Crippen LogP contribution is 2.24. The molecule has 0 saturated carbocycles. The fourth-order valence-corrected chi connectivity index (χ4v) is 2.82. The number of rotatable bonds is 7. The average Bonchev–Trinajstić information content (AvgIpc) is 2.92. The molecule has 1 heterocycles. The quantitative estimate of drug-likeness (QED) is 0.821. The average molecular weight is 276 g/mol. The maximum Gasteiger partial charge on any atom is 0.119 e. The molecule has 2 nitrogen and oxygen atoms in total. The molecule has 0 saturated heterocycles. The molecule has 0 aliphatic rings. The van der Waals surface area contributed by atoms with E-state index in [1.54, 1.807) is 11.3 Å². The van der Waals surface area contributed by atoms with Gasteiger partial charge in [-0.1, -0.05) is 18.2 Å². The minimum Gasteiger partial charge on any atom is -0.494 e. The zero-order valence-electron chi connectivity index (χ0n) is 11.2. The van der Waals surface area contributed by atoms with E-state index in [9.17, 15) is 5.11 Å². The van der Waals surface area contributed by atoms with E-state index in [4.69, 9.17) is 4.74 Å². The van der Waals surface area contributed by atoms with Gasteiger partial charge in [-0.15, -0.1) is 11.3 Å². The number of benzene rings is 1. The monoisotopic (exact) mass is 276 g/mol. The molecule has 0 aliphatic carbocycles. The molecule has 102 valence electrons. The van der Waals surface area contributed by atoms with Crippen LogP contribution in [0.15, 0.2) is 41.8 Å². The molecule has 1 N–H and O–H groups in total. The minimum atomic E-state index is -0.402. The zero-order chi connectivity index (χ0) is 13.5. The molecule has 1 aromatic carbocycles. The summed E-state index contributed by atoms with van der Waals surface area (Å²) < 4.78 is 5.45. The fraction of sp³-hybridized carbons (Fsp3) is 0.375. The number of aliphatic hydroxyl groups is 1. The van der Waals surface area contributed by atoms with E-state index in [0.29, 0.717) is 6.61 Å². The lowest BCUT2D eigenvalue weighted by molar-refractivity contribution is 0.164. The van der Waals surface area contributed by atoms with E-state index in [1.807, 2.05) is 31.2 Å². The van der Waals surface area contributed by atoms with Gasteiger partial charge in [0.25, 0.3) is 0 Å². The molecule has 2 rings (SSSR count). The highest BCUT2D eigenvalue weighted by Gasteiger charge is 2.08. The highest BCUT2D eigenvalue weighted by molar-refractivity contribution is 7.09. The fourth-order valence-electron chi connectivity index (χ4n) is 2.07. The van der Waals surface area contributed by atoms with Crippen molar-refractivity contribution in [2.24, 2.45) is 0 Å². The second kappa shape index (κ2) is 7.31. The van der Waals surface area contributed by atoms with Gasteiger partial charge in [0.2, 0.25) is 0 Å². The number of aryl methyl sites for hydroxylation is 1. The number of ether oxygens (including phenoxy) is 1. The first-order valence-electron chi connectivity index (χ1n) is 6.73. The summed E-state index contributed by atoms with van der Waals surface area (Å²) in [5, 5.41) is 12.3. The summed E-state index contributed by atoms with van der Waals surface area (Å²) in [6, 6.07) is 12.0. The van der Waals surface area contributed by atoms with Gasteiger partial charge in [-0.05, 0) is 55.3 Å². The standard InChI is InChI=1S/C16H20O2S/c1-2-18-14-7-3-6-13(12-14)16(17)10-4-8-15-9-5-11-19-15/h3,5-7,9,11-12,16-17H,2,4,8,10H2,1H3. The van der Waals surface area contributed by atoms with Crippen LogP contribution in [-0.4, -0.2) is 11.7 Å². The summed E-state index contributed by atoms with van der Waals surface area (Å²) in [5.74, 6) is 0.831. The Morgan fingerprint density at radius 3 is 2.89 bits per heavy atom. The molecule has 1 aromatic heterocycles. The van der Waals surface area contributed by atoms with Gasteiger partial charge in [0.05, 0.1) is 12.7 Å². The third-order valence-electron chi connectivity index (χ3n) is 3.03. The second-order valence-corrected chi connectivity index (χ2v) is 5.53. The first-order chi connectivity index (χ1) is 9.29. The molecule has 3 heteroatoms. The van der Waals surface area contributed by atoms with Gasteiger partial charge in [0, 0.05) is 4.88 Å². The predicted octanol–water partition coefficient (Wildman–Crippen LogP) is 4.20. The zero-order valence-corrected chi connectivity index (χ0v) is 12.0. The first-order valence-corrected chi connectivity index (χ1v) is 7.60. The molecule has 0 fully saturated rings. The van der Waals surface area contributed by atoms with Crippen molar-refractivity contribution >= 4 is 11.3 Å². The number of hydrogen-bond donors (Lipinski definition) is 1. The lowest BCUT2D eigenvalue weighted by Gasteiger charge is -2.12. The van der Waals surface area contributed by atoms with Crippen molar-refractivity contribution in [2.75, 3.05) is 6.61 Å². The van der Waals surface area contributed by atoms with E-state index in [-0.39, 0.29) is 0 Å². The van der Waals surface area contributed by atoms with Crippen LogP contribution in [0.4, 0.5) is 0 Å². The number of thiophene rings is 1. The van der Waals surface area contributed by atoms with E-state index in [2.05, 4.69) is 17.5 Å². The smallest absolute Gasteiger partial charge is 0.119 e. The molecule has 19 heavy (non-hydrogen) atoms. The maximum absolute atomic E-state index is 10.2. The molecule has 0 aliphatic heterocycles. The van der Waals surface area contributed by atoms with Crippen molar-refractivity contribution in [3.8, 4) is 5.75 Å². The van der Waals surface area contributed by atoms with Crippen LogP contribution in [-0.2, 0) is 6.42 Å². The number of aliphatic hydroxyl groups excluding tert-OH is 1. The van der Waals surface area contributed by atoms with Gasteiger partial charge in [-0.3, -0.25) is 0 Å². The molecule has 0 radical (unpaired) electrons. The Morgan fingerprint density at radius 2 is 2.16 bits per heavy atom. The minimum absolute atomic E-state index is 0.402. The van der Waals surface area contributed by atoms with Crippen molar-refractivity contribution < 1.29 is 9.84 Å². The van der Waals surface area contributed by atoms with Crippen molar-refractivity contribution in [3.05, 3.63) is 52.2 Å². The lowest BCUT2D eigenvalue weighted by Crippen LogP contribution is -1.99. The Morgan fingerprint density at radius 1 is 1.26 bits per heavy atom. The summed E-state index contributed by atoms with van der Waals surface area (Å²) in [6.07, 6.45) is 2.42. The predicted molar refractivity (Wildman–Crippen MR) is 79.8 cm³/mol. The number of hydrogen-bond acceptors (Lipinski definition) is 3. The van der Waals surface area contributed by atoms with Gasteiger partial charge in [-0.25, -0.2) is 0 Å². The molecular formula is C16H20O2S. The Labute approximate surface area is 118 Å². The first kappa shape index (κ1) is 14.1. The van der Waals surface area contributed by atoms with Crippen LogP contribution in [0.25, 0.3) is 0 Å². The van der Waals surface area contributed by atoms with Gasteiger partial charge in [0.15, 0.2) is 0 Å². The summed E-state index contributed by atoms with van der Waals surface area (Å²) in [6.45, 7) is 2.61. The van der Waals surface area contributed by atoms with Crippen LogP contribution in [0.2, 0.25) is 0 Å². The largest absolute Gasteiger partial charge is 0.494 e. The topological polar surface area (TPSA) is 29.5 Å². The molecule has 0 amide bonds. The molecular weight excluding hydrogens is 256 g/mol. The third-order valence-corrected chi connectivity index (χ3v) is 3.97. The molecule has 1 unspecified atom stereocenters. The van der Waals surface area contributed by atoms with E-state index < -0.39 is 6.10 Å². The van der Waals surface area contributed by atoms with Crippen LogP contribution in [0.3, 0.4) is 0 Å². The van der Waals surface area contributed by atoms with Gasteiger partial charge < -0.3 is 9.84 Å². The van der Waals surface area contributed by atoms with E-state index in [1.165, 1.54) is 4.88 Å². The Hall–Kier alpha value is -1.32. The Balaban J connectivity index is 1.85. The molecule has 0 bridgehead atoms. The van der Waals surface area contributed by atoms with Crippen LogP contribution < -0.4 is 4.74 Å². The van der Waals surface area contributed by atoms with Gasteiger partial charge >= 0.3 is 0 Å². The van der Waals surface area contributed by atoms with E-state index >= 15 is 0 Å². The molecule has 0 spiro atoms. The summed E-state index contributed by atoms with van der Waals surface area (Å²) in [7, 11) is 0. The maximum atomic E-state index is 10.2. The lowest BCUT2D eigenvalue weighted by atomic mass is 10.0. The van der Waals surface area contributed by atoms with Crippen LogP contribution in [0.1, 0.15) is 36.3 Å². The van der Waals surface area contributed by atoms with Crippen LogP contribution >= 0.6 is 11.3 Å². The van der Waals surface area contributed by atoms with Crippen molar-refractivity contribution in [1.29, 1.82) is 0 Å². The van der Waals surface area contributed by atoms with Crippen LogP contribution in [0.5, 0.6) is 5.75 Å². The summed E-state index contributed by atoms with van der Waals surface area (Å²) in [4.78, 5) is 1.38. The second-order valence-electron chi connectivity index (χ2n) is 4.49. The Bertz CT molecular complexity index is 479. The summed E-state index contributed by atoms with van der Waals surface area (Å²) in [5.41, 5.74) is 0.942. The van der Waals surface area contributed by atoms with Gasteiger partial charge in [0.1, 0.15) is 5.75 Å². The summed E-state index contributed by atoms with van der Waals surface area (Å²) >= 11 is 1.78. The van der Waals surface area contributed by atoms with E-state index in [0.717, 1.165) is 30.6 Å². The molecule has 2 aromatic rings. The Kier molecular flexibility index (Phi) is 5.43. The van der Waals surface area contributed by atoms with Crippen molar-refractivity contribution in [1.82, 2.24) is 0 Å². The van der Waals surface area contributed by atoms with Gasteiger partial charge in [-0.2, -0.15) is 0 Å². The third kappa shape index (κ3) is 4.37. The van der Waals surface area contributed by atoms with Crippen molar-refractivity contribution in [3.63, 3.8) is 0 Å². The molecule has 1 atom stereocenters. The SMILES string of the molecule is CCOc1cccc(C(O)CCCc2cccs2)c1. The van der Waals surface area contributed by atoms with Crippen molar-refractivity contribution in [2.45, 2.75) is 32.3 Å².